The van der Waals surface area contributed by atoms with Crippen LogP contribution in [-0.2, 0) is 59.6 Å². The van der Waals surface area contributed by atoms with Gasteiger partial charge in [-0.15, -0.1) is 16.4 Å². The summed E-state index contributed by atoms with van der Waals surface area (Å²) in [6.07, 6.45) is 4.01. The Morgan fingerprint density at radius 1 is 0.804 bits per heavy atom. The van der Waals surface area contributed by atoms with Crippen LogP contribution < -0.4 is 41.6 Å². The maximum atomic E-state index is 15.4. The topological polar surface area (TPSA) is 352 Å². The number of rotatable bonds is 31. The van der Waals surface area contributed by atoms with Crippen LogP contribution >= 0.6 is 22.9 Å². The molecule has 6 heterocycles. The quantitative estimate of drug-likeness (QED) is 0.0207. The number of aromatic amines is 1. The number of aliphatic hydroxyl groups is 1. The highest BCUT2D eigenvalue weighted by Crippen LogP contribution is 2.36. The van der Waals surface area contributed by atoms with E-state index in [1.807, 2.05) is 31.2 Å². The minimum atomic E-state index is -1.29. The van der Waals surface area contributed by atoms with Crippen LogP contribution in [0.25, 0.3) is 32.1 Å². The van der Waals surface area contributed by atoms with E-state index in [4.69, 9.17) is 25.8 Å². The van der Waals surface area contributed by atoms with Gasteiger partial charge in [-0.05, 0) is 97.2 Å². The highest BCUT2D eigenvalue weighted by Gasteiger charge is 2.44. The first-order valence-corrected chi connectivity index (χ1v) is 36.3. The summed E-state index contributed by atoms with van der Waals surface area (Å²) < 4.78 is 48.5. The molecule has 1 unspecified atom stereocenters. The summed E-state index contributed by atoms with van der Waals surface area (Å²) in [5, 5.41) is 41.8. The van der Waals surface area contributed by atoms with Crippen molar-refractivity contribution in [1.82, 2.24) is 76.1 Å². The lowest BCUT2D eigenvalue weighted by molar-refractivity contribution is -0.144. The third-order valence-electron chi connectivity index (χ3n) is 18.4. The Morgan fingerprint density at radius 2 is 1.54 bits per heavy atom. The lowest BCUT2D eigenvalue weighted by Gasteiger charge is -2.35. The van der Waals surface area contributed by atoms with Crippen LogP contribution in [-0.4, -0.2) is 185 Å². The highest BCUT2D eigenvalue weighted by molar-refractivity contribution is 7.13. The first-order valence-electron chi connectivity index (χ1n) is 35.0. The number of halogens is 3. The van der Waals surface area contributed by atoms with Gasteiger partial charge in [-0.3, -0.25) is 43.0 Å². The average molecular weight is 1510 g/mol. The molecule has 0 bridgehead atoms. The number of aromatic nitrogens is 8. The van der Waals surface area contributed by atoms with Gasteiger partial charge in [0.25, 0.3) is 11.5 Å². The standard InChI is InChI=1S/C75H83ClF2N16O12S/c1-44-67(107-43-83-44)47-19-16-45(17-20-47)36-79-72(101)61-33-50(95)39-94(61)74(103)68(75(2,3)4)86-65(97)15-11-24-93-38-49(87-90-93)40-105-41-60(85-64(96)14-7-6-10-29-106-63-34-54-58(35-62(63)104-5)81-42-82-69(54)84-48-21-23-57(78)55(76)32-48)71(100)80-37-66(98)91-25-27-92(28-26-91)73(102)53-30-46(18-22-56(53)77)31-59-51-12-8-9-13-52(51)70(99)89-88-59/h8-9,12-13,16-23,30,32,34-35,38,42-43,50,60-61,68,95H,6-7,10-11,14-15,24-29,31,33,36-37,39-41H2,1-5H3,(H,79,101)(H,80,100)(H,85,96)(H,86,97)(H,89,99)(H,81,82,84)/t50-,60?,61+,68-/m1/s1. The third kappa shape index (κ3) is 20.0. The number of hydrogen-bond donors (Lipinski definition) is 7. The molecule has 0 radical (unpaired) electrons. The Hall–Kier alpha value is -10.9. The third-order valence-corrected chi connectivity index (χ3v) is 19.7. The van der Waals surface area contributed by atoms with Gasteiger partial charge in [0.15, 0.2) is 11.5 Å². The van der Waals surface area contributed by atoms with E-state index in [0.29, 0.717) is 80.9 Å². The lowest BCUT2D eigenvalue weighted by Crippen LogP contribution is -2.57. The monoisotopic (exact) mass is 1500 g/mol. The van der Waals surface area contributed by atoms with Crippen molar-refractivity contribution >= 4 is 97.5 Å². The smallest absolute Gasteiger partial charge is 0.272 e. The van der Waals surface area contributed by atoms with Gasteiger partial charge in [-0.1, -0.05) is 86.1 Å². The number of aliphatic hydroxyl groups excluding tert-OH is 1. The molecule has 32 heteroatoms. The molecule has 562 valence electrons. The molecular formula is C75H83ClF2N16O12S. The Bertz CT molecular complexity index is 4780. The van der Waals surface area contributed by atoms with E-state index in [2.05, 4.69) is 62.0 Å². The van der Waals surface area contributed by atoms with Crippen molar-refractivity contribution in [1.29, 1.82) is 0 Å². The van der Waals surface area contributed by atoms with Crippen molar-refractivity contribution < 1.29 is 61.7 Å². The fraction of sp³-hybridized carbons (Fsp3) is 0.387. The number of anilines is 2. The lowest BCUT2D eigenvalue weighted by atomic mass is 9.85. The number of piperazine rings is 1. The van der Waals surface area contributed by atoms with Gasteiger partial charge in [-0.2, -0.15) is 5.10 Å². The van der Waals surface area contributed by atoms with E-state index in [9.17, 15) is 47.9 Å². The maximum absolute atomic E-state index is 15.4. The molecule has 4 aromatic heterocycles. The van der Waals surface area contributed by atoms with Crippen LogP contribution in [0.3, 0.4) is 0 Å². The molecule has 7 N–H and O–H groups in total. The fourth-order valence-corrected chi connectivity index (χ4v) is 13.6. The van der Waals surface area contributed by atoms with Crippen molar-refractivity contribution in [3.8, 4) is 21.9 Å². The first kappa shape index (κ1) is 77.2. The molecule has 11 rings (SSSR count). The molecule has 2 saturated heterocycles. The average Bonchev–Trinajstić information content (AvgIpc) is 1.74. The molecule has 107 heavy (non-hydrogen) atoms. The molecule has 2 aliphatic heterocycles. The van der Waals surface area contributed by atoms with Gasteiger partial charge >= 0.3 is 0 Å². The fourth-order valence-electron chi connectivity index (χ4n) is 12.6. The number of aryl methyl sites for hydroxylation is 2. The number of hydrogen-bond acceptors (Lipinski definition) is 20. The molecule has 0 saturated carbocycles. The van der Waals surface area contributed by atoms with E-state index in [0.717, 1.165) is 21.7 Å². The van der Waals surface area contributed by atoms with Gasteiger partial charge < -0.3 is 60.6 Å². The Kier molecular flexibility index (Phi) is 25.6. The van der Waals surface area contributed by atoms with Crippen molar-refractivity contribution in [3.05, 3.63) is 176 Å². The summed E-state index contributed by atoms with van der Waals surface area (Å²) in [5.74, 6) is -3.63. The number of methoxy groups -OCH3 is 1. The highest BCUT2D eigenvalue weighted by atomic mass is 35.5. The summed E-state index contributed by atoms with van der Waals surface area (Å²) in [7, 11) is 1.50. The molecule has 9 aromatic rings. The van der Waals surface area contributed by atoms with E-state index < -0.39 is 89.2 Å². The minimum Gasteiger partial charge on any atom is -0.493 e. The largest absolute Gasteiger partial charge is 0.493 e. The first-order chi connectivity index (χ1) is 51.5. The zero-order valence-electron chi connectivity index (χ0n) is 59.7. The van der Waals surface area contributed by atoms with Gasteiger partial charge in [0.2, 0.25) is 35.4 Å². The van der Waals surface area contributed by atoms with Crippen molar-refractivity contribution in [2.45, 2.75) is 123 Å². The molecule has 7 amide bonds. The van der Waals surface area contributed by atoms with Crippen LogP contribution in [0, 0.1) is 24.0 Å². The number of benzene rings is 5. The summed E-state index contributed by atoms with van der Waals surface area (Å²) in [6, 6.07) is 23.3. The number of carbonyl (C=O) groups is 7. The summed E-state index contributed by atoms with van der Waals surface area (Å²) in [5.41, 5.74) is 5.82. The number of fused-ring (bicyclic) bond motifs is 2. The number of nitrogens with one attached hydrogen (secondary N) is 6. The molecular weight excluding hydrogens is 1420 g/mol. The molecule has 2 fully saturated rings. The van der Waals surface area contributed by atoms with Crippen LogP contribution in [0.2, 0.25) is 5.02 Å². The SMILES string of the molecule is COc1cc2ncnc(Nc3ccc(F)c(Cl)c3)c2cc1OCCCCCC(=O)NC(COCc1cn(CCCC(=O)N[C@H](C(=O)N2C[C@H](O)C[C@H]2C(=O)NCc2ccc(-c3scnc3C)cc2)C(C)(C)C)nn1)C(=O)NCC(=O)N1CCN(C(=O)c2cc(Cc3n[nH]c(=O)c4ccccc34)ccc2F)CC1. The molecule has 0 aliphatic carbocycles. The van der Waals surface area contributed by atoms with Crippen LogP contribution in [0.4, 0.5) is 20.3 Å². The second-order valence-electron chi connectivity index (χ2n) is 27.2. The molecule has 4 atom stereocenters. The molecule has 2 aliphatic rings. The Morgan fingerprint density at radius 3 is 2.29 bits per heavy atom. The summed E-state index contributed by atoms with van der Waals surface area (Å²) in [6.45, 7) is 7.27. The van der Waals surface area contributed by atoms with Crippen LogP contribution in [0.1, 0.15) is 104 Å². The van der Waals surface area contributed by atoms with Crippen LogP contribution in [0.15, 0.2) is 120 Å². The van der Waals surface area contributed by atoms with Crippen LogP contribution in [0.5, 0.6) is 11.5 Å². The van der Waals surface area contributed by atoms with E-state index in [1.165, 1.54) is 63.2 Å². The number of carbonyl (C=O) groups excluding carboxylic acids is 7. The van der Waals surface area contributed by atoms with E-state index in [1.54, 1.807) is 86.3 Å². The number of unbranched alkanes of at least 4 members (excludes halogenated alkanes) is 2. The number of amides is 7. The molecule has 0 spiro atoms. The van der Waals surface area contributed by atoms with E-state index >= 15 is 4.39 Å². The van der Waals surface area contributed by atoms with E-state index in [-0.39, 0.29) is 114 Å². The van der Waals surface area contributed by atoms with Crippen molar-refractivity contribution in [2.75, 3.05) is 64.9 Å². The second-order valence-corrected chi connectivity index (χ2v) is 28.5. The van der Waals surface area contributed by atoms with Crippen molar-refractivity contribution in [2.24, 2.45) is 5.41 Å². The number of nitrogens with zero attached hydrogens (tertiary/aromatic N) is 10. The van der Waals surface area contributed by atoms with Crippen molar-refractivity contribution in [3.63, 3.8) is 0 Å². The number of ether oxygens (including phenoxy) is 3. The number of H-pyrrole nitrogens is 1. The maximum Gasteiger partial charge on any atom is 0.272 e. The zero-order chi connectivity index (χ0) is 75.9. The Balaban J connectivity index is 0.661. The number of thiazole rings is 1. The van der Waals surface area contributed by atoms with Gasteiger partial charge in [0.05, 0.1) is 89.0 Å². The minimum absolute atomic E-state index is 0.00802. The van der Waals surface area contributed by atoms with Gasteiger partial charge in [-0.25, -0.2) is 28.8 Å². The zero-order valence-corrected chi connectivity index (χ0v) is 61.2. The molecule has 28 nitrogen and oxygen atoms in total. The number of likely N-dealkylation sites (tertiary alicyclic amines) is 1. The second kappa shape index (κ2) is 35.5. The number of β-amino-alcohol motifs (C(OH)–C–C–N with tert-alkyl or cyclic N) is 1. The summed E-state index contributed by atoms with van der Waals surface area (Å²) in [4.78, 5) is 127. The van der Waals surface area contributed by atoms with Gasteiger partial charge in [0, 0.05) is 94.0 Å². The summed E-state index contributed by atoms with van der Waals surface area (Å²) >= 11 is 7.57. The normalized spacial score (nSPS) is 15.1. The predicted octanol–water partition coefficient (Wildman–Crippen LogP) is 7.50. The predicted molar refractivity (Wildman–Crippen MR) is 394 cm³/mol. The van der Waals surface area contributed by atoms with Gasteiger partial charge in [0.1, 0.15) is 47.6 Å². The molecule has 5 aromatic carbocycles. The Labute approximate surface area is 623 Å².